The van der Waals surface area contributed by atoms with E-state index in [0.717, 1.165) is 79.5 Å². The standard InChI is InChI=1S/C31H36N6O3/c1-20(2)29(33)31(39)37-19-22(25-15-21(18-32)6-8-26(25)37)5-3-4-10-35-11-13-36(14-12-35)24-7-9-27-23(16-24)17-28(40-27)30(34)38/h6-9,15-17,19-20,29H,3-5,10-14,33H2,1-2H3,(H2,34,38). The molecular weight excluding hydrogens is 504 g/mol. The number of rotatable bonds is 9. The van der Waals surface area contributed by atoms with E-state index >= 15 is 0 Å². The van der Waals surface area contributed by atoms with Crippen LogP contribution in [0.4, 0.5) is 5.69 Å². The molecular formula is C31H36N6O3. The van der Waals surface area contributed by atoms with Crippen molar-refractivity contribution in [1.82, 2.24) is 9.47 Å². The van der Waals surface area contributed by atoms with E-state index in [-0.39, 0.29) is 17.6 Å². The summed E-state index contributed by atoms with van der Waals surface area (Å²) in [6.07, 6.45) is 4.78. The lowest BCUT2D eigenvalue weighted by Gasteiger charge is -2.36. The number of hydrogen-bond acceptors (Lipinski definition) is 7. The highest BCUT2D eigenvalue weighted by molar-refractivity contribution is 5.97. The van der Waals surface area contributed by atoms with Crippen LogP contribution in [0.25, 0.3) is 21.9 Å². The minimum atomic E-state index is -0.577. The summed E-state index contributed by atoms with van der Waals surface area (Å²) < 4.78 is 7.18. The van der Waals surface area contributed by atoms with Crippen molar-refractivity contribution in [2.75, 3.05) is 37.6 Å². The molecule has 1 aliphatic heterocycles. The third-order valence-corrected chi connectivity index (χ3v) is 7.91. The number of unbranched alkanes of at least 4 members (excludes halogenated alkanes) is 1. The fourth-order valence-corrected chi connectivity index (χ4v) is 5.42. The molecule has 208 valence electrons. The largest absolute Gasteiger partial charge is 0.451 e. The van der Waals surface area contributed by atoms with Gasteiger partial charge in [-0.25, -0.2) is 0 Å². The maximum absolute atomic E-state index is 13.1. The summed E-state index contributed by atoms with van der Waals surface area (Å²) in [5, 5.41) is 11.2. The van der Waals surface area contributed by atoms with Crippen LogP contribution in [-0.4, -0.2) is 60.0 Å². The maximum atomic E-state index is 13.1. The first kappa shape index (κ1) is 27.4. The van der Waals surface area contributed by atoms with Gasteiger partial charge < -0.3 is 20.8 Å². The Bertz CT molecular complexity index is 1590. The fourth-order valence-electron chi connectivity index (χ4n) is 5.42. The molecule has 0 bridgehead atoms. The van der Waals surface area contributed by atoms with Crippen molar-refractivity contribution < 1.29 is 14.0 Å². The lowest BCUT2D eigenvalue weighted by molar-refractivity contribution is 0.0862. The number of hydrogen-bond donors (Lipinski definition) is 2. The number of fused-ring (bicyclic) bond motifs is 2. The Morgan fingerprint density at radius 3 is 2.52 bits per heavy atom. The van der Waals surface area contributed by atoms with Crippen LogP contribution in [0.1, 0.15) is 53.2 Å². The van der Waals surface area contributed by atoms with Gasteiger partial charge in [-0.05, 0) is 79.8 Å². The van der Waals surface area contributed by atoms with Crippen LogP contribution in [0, 0.1) is 17.2 Å². The van der Waals surface area contributed by atoms with E-state index in [1.165, 1.54) is 0 Å². The van der Waals surface area contributed by atoms with Gasteiger partial charge in [0.2, 0.25) is 5.91 Å². The van der Waals surface area contributed by atoms with Crippen LogP contribution < -0.4 is 16.4 Å². The second kappa shape index (κ2) is 11.5. The topological polar surface area (TPSA) is 135 Å². The number of aromatic nitrogens is 1. The third-order valence-electron chi connectivity index (χ3n) is 7.91. The number of nitriles is 1. The number of carbonyl (C=O) groups excluding carboxylic acids is 2. The second-order valence-corrected chi connectivity index (χ2v) is 11.0. The summed E-state index contributed by atoms with van der Waals surface area (Å²) in [6, 6.07) is 14.8. The quantitative estimate of drug-likeness (QED) is 0.305. The normalized spacial score (nSPS) is 15.1. The zero-order valence-electron chi connectivity index (χ0n) is 23.1. The zero-order valence-corrected chi connectivity index (χ0v) is 23.1. The first-order valence-electron chi connectivity index (χ1n) is 13.9. The van der Waals surface area contributed by atoms with E-state index in [9.17, 15) is 14.9 Å². The Balaban J connectivity index is 1.17. The van der Waals surface area contributed by atoms with Crippen LogP contribution in [0.3, 0.4) is 0 Å². The van der Waals surface area contributed by atoms with Crippen molar-refractivity contribution in [3.63, 3.8) is 0 Å². The van der Waals surface area contributed by atoms with Gasteiger partial charge in [-0.15, -0.1) is 0 Å². The lowest BCUT2D eigenvalue weighted by Crippen LogP contribution is -2.46. The Morgan fingerprint density at radius 2 is 1.82 bits per heavy atom. The Hall–Kier alpha value is -4.13. The number of amides is 1. The summed E-state index contributed by atoms with van der Waals surface area (Å²) in [6.45, 7) is 8.70. The van der Waals surface area contributed by atoms with Crippen molar-refractivity contribution in [2.45, 2.75) is 39.2 Å². The van der Waals surface area contributed by atoms with Gasteiger partial charge in [0.05, 0.1) is 23.2 Å². The van der Waals surface area contributed by atoms with E-state index in [0.29, 0.717) is 11.1 Å². The number of benzene rings is 2. The minimum absolute atomic E-state index is 0.0375. The number of carbonyl (C=O) groups is 2. The van der Waals surface area contributed by atoms with Crippen LogP contribution in [0.5, 0.6) is 0 Å². The number of primary amides is 1. The molecule has 4 N–H and O–H groups in total. The number of aryl methyl sites for hydroxylation is 1. The molecule has 0 spiro atoms. The fraction of sp³-hybridized carbons (Fsp3) is 0.387. The molecule has 40 heavy (non-hydrogen) atoms. The molecule has 3 heterocycles. The molecule has 0 radical (unpaired) electrons. The summed E-state index contributed by atoms with van der Waals surface area (Å²) in [5.74, 6) is -0.463. The average molecular weight is 541 g/mol. The third kappa shape index (κ3) is 5.60. The van der Waals surface area contributed by atoms with Crippen molar-refractivity contribution in [1.29, 1.82) is 5.26 Å². The Morgan fingerprint density at radius 1 is 1.05 bits per heavy atom. The predicted octanol–water partition coefficient (Wildman–Crippen LogP) is 4.13. The van der Waals surface area contributed by atoms with Gasteiger partial charge in [0.1, 0.15) is 5.58 Å². The summed E-state index contributed by atoms with van der Waals surface area (Å²) >= 11 is 0. The number of furan rings is 1. The van der Waals surface area contributed by atoms with Gasteiger partial charge in [-0.3, -0.25) is 19.1 Å². The molecule has 0 saturated carbocycles. The Labute approximate surface area is 233 Å². The molecule has 9 heteroatoms. The smallest absolute Gasteiger partial charge is 0.284 e. The van der Waals surface area contributed by atoms with Gasteiger partial charge in [0.25, 0.3) is 5.91 Å². The lowest BCUT2D eigenvalue weighted by atomic mass is 10.0. The maximum Gasteiger partial charge on any atom is 0.284 e. The van der Waals surface area contributed by atoms with Crippen molar-refractivity contribution in [2.24, 2.45) is 17.4 Å². The van der Waals surface area contributed by atoms with Crippen LogP contribution in [0.2, 0.25) is 0 Å². The highest BCUT2D eigenvalue weighted by atomic mass is 16.3. The minimum Gasteiger partial charge on any atom is -0.451 e. The molecule has 4 aromatic rings. The Kier molecular flexibility index (Phi) is 7.92. The first-order chi connectivity index (χ1) is 19.2. The molecule has 2 aromatic heterocycles. The SMILES string of the molecule is CC(C)C(N)C(=O)n1cc(CCCCN2CCN(c3ccc4oc(C(N)=O)cc4c3)CC2)c2cc(C#N)ccc21. The molecule has 1 saturated heterocycles. The average Bonchev–Trinajstić information content (AvgIpc) is 3.56. The van der Waals surface area contributed by atoms with E-state index in [1.807, 2.05) is 50.4 Å². The molecule has 1 aliphatic rings. The second-order valence-electron chi connectivity index (χ2n) is 11.0. The number of anilines is 1. The van der Waals surface area contributed by atoms with Gasteiger partial charge >= 0.3 is 0 Å². The predicted molar refractivity (Wildman–Crippen MR) is 156 cm³/mol. The van der Waals surface area contributed by atoms with Gasteiger partial charge in [-0.2, -0.15) is 5.26 Å². The molecule has 0 aliphatic carbocycles. The summed E-state index contributed by atoms with van der Waals surface area (Å²) in [4.78, 5) is 29.3. The first-order valence-corrected chi connectivity index (χ1v) is 13.9. The monoisotopic (exact) mass is 540 g/mol. The molecule has 9 nitrogen and oxygen atoms in total. The van der Waals surface area contributed by atoms with E-state index in [2.05, 4.69) is 15.9 Å². The number of nitrogens with zero attached hydrogens (tertiary/aromatic N) is 4. The van der Waals surface area contributed by atoms with Crippen LogP contribution in [0.15, 0.2) is 53.1 Å². The van der Waals surface area contributed by atoms with Crippen molar-refractivity contribution in [3.8, 4) is 6.07 Å². The number of piperazine rings is 1. The van der Waals surface area contributed by atoms with E-state index in [1.54, 1.807) is 16.7 Å². The zero-order chi connectivity index (χ0) is 28.4. The van der Waals surface area contributed by atoms with E-state index < -0.39 is 11.9 Å². The molecule has 1 fully saturated rings. The van der Waals surface area contributed by atoms with Gasteiger partial charge in [0.15, 0.2) is 5.76 Å². The van der Waals surface area contributed by atoms with Crippen LogP contribution in [-0.2, 0) is 6.42 Å². The van der Waals surface area contributed by atoms with Crippen LogP contribution >= 0.6 is 0 Å². The van der Waals surface area contributed by atoms with E-state index in [4.69, 9.17) is 15.9 Å². The highest BCUT2D eigenvalue weighted by Gasteiger charge is 2.23. The van der Waals surface area contributed by atoms with Gasteiger partial charge in [0, 0.05) is 48.8 Å². The highest BCUT2D eigenvalue weighted by Crippen LogP contribution is 2.27. The molecule has 5 rings (SSSR count). The molecule has 1 atom stereocenters. The van der Waals surface area contributed by atoms with Crippen molar-refractivity contribution in [3.05, 3.63) is 65.5 Å². The van der Waals surface area contributed by atoms with Gasteiger partial charge in [-0.1, -0.05) is 13.8 Å². The van der Waals surface area contributed by atoms with Crippen molar-refractivity contribution >= 4 is 39.4 Å². The summed E-state index contributed by atoms with van der Waals surface area (Å²) in [7, 11) is 0. The molecule has 2 aromatic carbocycles. The summed E-state index contributed by atoms with van der Waals surface area (Å²) in [5.41, 5.74) is 15.8. The molecule has 1 amide bonds. The molecule has 1 unspecified atom stereocenters. The number of nitrogens with two attached hydrogens (primary N) is 2.